The van der Waals surface area contributed by atoms with Crippen molar-refractivity contribution in [1.82, 2.24) is 9.21 Å². The van der Waals surface area contributed by atoms with Crippen LogP contribution in [0.5, 0.6) is 0 Å². The van der Waals surface area contributed by atoms with Gasteiger partial charge in [0, 0.05) is 32.1 Å². The SMILES string of the molecule is Cc1cccc(CS(=O)(=O)N2CCC(C(=O)N3CCC[C@H](C)C3)CC2)c1. The van der Waals surface area contributed by atoms with E-state index in [1.165, 1.54) is 6.42 Å². The number of rotatable bonds is 4. The largest absolute Gasteiger partial charge is 0.342 e. The first-order valence-electron chi connectivity index (χ1n) is 9.67. The van der Waals surface area contributed by atoms with E-state index >= 15 is 0 Å². The molecule has 0 radical (unpaired) electrons. The van der Waals surface area contributed by atoms with Gasteiger partial charge in [-0.05, 0) is 44.1 Å². The molecule has 5 nitrogen and oxygen atoms in total. The number of piperidine rings is 2. The Labute approximate surface area is 157 Å². The molecule has 0 N–H and O–H groups in total. The van der Waals surface area contributed by atoms with Gasteiger partial charge < -0.3 is 4.90 Å². The molecule has 3 rings (SSSR count). The molecule has 6 heteroatoms. The summed E-state index contributed by atoms with van der Waals surface area (Å²) in [5, 5.41) is 0. The lowest BCUT2D eigenvalue weighted by atomic mass is 9.93. The second-order valence-electron chi connectivity index (χ2n) is 7.95. The fourth-order valence-corrected chi connectivity index (χ4v) is 5.68. The van der Waals surface area contributed by atoms with E-state index in [4.69, 9.17) is 0 Å². The molecule has 2 fully saturated rings. The zero-order chi connectivity index (χ0) is 18.7. The van der Waals surface area contributed by atoms with Crippen LogP contribution in [0.25, 0.3) is 0 Å². The molecule has 1 atom stereocenters. The first kappa shape index (κ1) is 19.4. The molecular formula is C20H30N2O3S. The summed E-state index contributed by atoms with van der Waals surface area (Å²) < 4.78 is 27.0. The fraction of sp³-hybridized carbons (Fsp3) is 0.650. The van der Waals surface area contributed by atoms with E-state index in [0.717, 1.165) is 30.6 Å². The predicted octanol–water partition coefficient (Wildman–Crippen LogP) is 2.80. The Morgan fingerprint density at radius 1 is 1.15 bits per heavy atom. The molecular weight excluding hydrogens is 348 g/mol. The van der Waals surface area contributed by atoms with Crippen LogP contribution in [-0.2, 0) is 20.6 Å². The highest BCUT2D eigenvalue weighted by atomic mass is 32.2. The summed E-state index contributed by atoms with van der Waals surface area (Å²) in [5.74, 6) is 0.817. The smallest absolute Gasteiger partial charge is 0.225 e. The van der Waals surface area contributed by atoms with Crippen LogP contribution in [0.1, 0.15) is 43.7 Å². The molecule has 1 aromatic carbocycles. The van der Waals surface area contributed by atoms with Crippen molar-refractivity contribution in [2.45, 2.75) is 45.3 Å². The summed E-state index contributed by atoms with van der Waals surface area (Å²) in [7, 11) is -3.33. The van der Waals surface area contributed by atoms with E-state index in [0.29, 0.717) is 31.8 Å². The van der Waals surface area contributed by atoms with Gasteiger partial charge in [-0.25, -0.2) is 12.7 Å². The van der Waals surface area contributed by atoms with Crippen molar-refractivity contribution in [1.29, 1.82) is 0 Å². The van der Waals surface area contributed by atoms with Gasteiger partial charge in [0.25, 0.3) is 0 Å². The van der Waals surface area contributed by atoms with Gasteiger partial charge in [0.05, 0.1) is 5.75 Å². The van der Waals surface area contributed by atoms with Crippen molar-refractivity contribution in [3.05, 3.63) is 35.4 Å². The fourth-order valence-electron chi connectivity index (χ4n) is 4.13. The number of benzene rings is 1. The van der Waals surface area contributed by atoms with Gasteiger partial charge in [0.2, 0.25) is 15.9 Å². The average molecular weight is 379 g/mol. The first-order chi connectivity index (χ1) is 12.3. The predicted molar refractivity (Wildman–Crippen MR) is 103 cm³/mol. The van der Waals surface area contributed by atoms with Crippen molar-refractivity contribution in [2.75, 3.05) is 26.2 Å². The van der Waals surface area contributed by atoms with Crippen LogP contribution in [-0.4, -0.2) is 49.7 Å². The van der Waals surface area contributed by atoms with Crippen LogP contribution in [0, 0.1) is 18.8 Å². The summed E-state index contributed by atoms with van der Waals surface area (Å²) in [6, 6.07) is 7.64. The van der Waals surface area contributed by atoms with Crippen LogP contribution in [0.2, 0.25) is 0 Å². The molecule has 144 valence electrons. The number of likely N-dealkylation sites (tertiary alicyclic amines) is 1. The van der Waals surface area contributed by atoms with Gasteiger partial charge >= 0.3 is 0 Å². The number of aryl methyl sites for hydroxylation is 1. The second-order valence-corrected chi connectivity index (χ2v) is 9.92. The molecule has 2 heterocycles. The molecule has 2 saturated heterocycles. The minimum absolute atomic E-state index is 0.0225. The number of carbonyl (C=O) groups is 1. The molecule has 0 saturated carbocycles. The molecule has 2 aliphatic rings. The van der Waals surface area contributed by atoms with Crippen molar-refractivity contribution in [3.63, 3.8) is 0 Å². The zero-order valence-electron chi connectivity index (χ0n) is 15.9. The average Bonchev–Trinajstić information content (AvgIpc) is 2.61. The maximum atomic E-state index is 12.7. The standard InChI is InChI=1S/C20H30N2O3S/c1-16-5-3-7-18(13-16)15-26(24,25)22-11-8-19(9-12-22)20(23)21-10-4-6-17(2)14-21/h3,5,7,13,17,19H,4,6,8-12,14-15H2,1-2H3/t17-/m0/s1. The topological polar surface area (TPSA) is 57.7 Å². The number of hydrogen-bond donors (Lipinski definition) is 0. The highest BCUT2D eigenvalue weighted by Gasteiger charge is 2.34. The van der Waals surface area contributed by atoms with Gasteiger partial charge in [-0.15, -0.1) is 0 Å². The van der Waals surface area contributed by atoms with Crippen molar-refractivity contribution in [3.8, 4) is 0 Å². The first-order valence-corrected chi connectivity index (χ1v) is 11.3. The van der Waals surface area contributed by atoms with Gasteiger partial charge in [-0.2, -0.15) is 0 Å². The van der Waals surface area contributed by atoms with E-state index in [2.05, 4.69) is 6.92 Å². The Balaban J connectivity index is 1.56. The highest BCUT2D eigenvalue weighted by Crippen LogP contribution is 2.25. The highest BCUT2D eigenvalue weighted by molar-refractivity contribution is 7.88. The molecule has 26 heavy (non-hydrogen) atoms. The van der Waals surface area contributed by atoms with Crippen molar-refractivity contribution >= 4 is 15.9 Å². The molecule has 0 unspecified atom stereocenters. The lowest BCUT2D eigenvalue weighted by molar-refractivity contribution is -0.138. The molecule has 0 aliphatic carbocycles. The van der Waals surface area contributed by atoms with Gasteiger partial charge in [-0.1, -0.05) is 36.8 Å². The monoisotopic (exact) mass is 378 g/mol. The number of nitrogens with zero attached hydrogens (tertiary/aromatic N) is 2. The molecule has 0 aromatic heterocycles. The van der Waals surface area contributed by atoms with Crippen LogP contribution in [0.3, 0.4) is 0 Å². The third-order valence-electron chi connectivity index (χ3n) is 5.60. The van der Waals surface area contributed by atoms with E-state index in [-0.39, 0.29) is 17.6 Å². The minimum Gasteiger partial charge on any atom is -0.342 e. The van der Waals surface area contributed by atoms with E-state index in [1.807, 2.05) is 36.1 Å². The van der Waals surface area contributed by atoms with Crippen LogP contribution < -0.4 is 0 Å². The number of hydrogen-bond acceptors (Lipinski definition) is 3. The van der Waals surface area contributed by atoms with Gasteiger partial charge in [-0.3, -0.25) is 4.79 Å². The third-order valence-corrected chi connectivity index (χ3v) is 7.45. The van der Waals surface area contributed by atoms with Crippen molar-refractivity contribution in [2.24, 2.45) is 11.8 Å². The summed E-state index contributed by atoms with van der Waals surface area (Å²) in [4.78, 5) is 14.7. The molecule has 1 amide bonds. The summed E-state index contributed by atoms with van der Waals surface area (Å²) in [5.41, 5.74) is 1.89. The van der Waals surface area contributed by atoms with Crippen LogP contribution in [0.4, 0.5) is 0 Å². The number of amides is 1. The minimum atomic E-state index is -3.33. The Morgan fingerprint density at radius 3 is 2.54 bits per heavy atom. The summed E-state index contributed by atoms with van der Waals surface area (Å²) in [6.07, 6.45) is 3.55. The molecule has 1 aromatic rings. The Bertz CT molecular complexity index is 739. The molecule has 0 bridgehead atoms. The lowest BCUT2D eigenvalue weighted by Crippen LogP contribution is -2.47. The summed E-state index contributed by atoms with van der Waals surface area (Å²) in [6.45, 7) is 6.77. The number of carbonyl (C=O) groups excluding carboxylic acids is 1. The van der Waals surface area contributed by atoms with Crippen LogP contribution in [0.15, 0.2) is 24.3 Å². The number of sulfonamides is 1. The van der Waals surface area contributed by atoms with Gasteiger partial charge in [0.15, 0.2) is 0 Å². The quantitative estimate of drug-likeness (QED) is 0.809. The van der Waals surface area contributed by atoms with Crippen molar-refractivity contribution < 1.29 is 13.2 Å². The van der Waals surface area contributed by atoms with E-state index in [9.17, 15) is 13.2 Å². The molecule has 2 aliphatic heterocycles. The maximum absolute atomic E-state index is 12.7. The van der Waals surface area contributed by atoms with Gasteiger partial charge in [0.1, 0.15) is 0 Å². The third kappa shape index (κ3) is 4.65. The lowest BCUT2D eigenvalue weighted by Gasteiger charge is -2.36. The maximum Gasteiger partial charge on any atom is 0.225 e. The molecule has 0 spiro atoms. The Morgan fingerprint density at radius 2 is 1.88 bits per heavy atom. The van der Waals surface area contributed by atoms with E-state index < -0.39 is 10.0 Å². The van der Waals surface area contributed by atoms with Crippen LogP contribution >= 0.6 is 0 Å². The zero-order valence-corrected chi connectivity index (χ0v) is 16.7. The summed E-state index contributed by atoms with van der Waals surface area (Å²) >= 11 is 0. The second kappa shape index (κ2) is 8.09. The van der Waals surface area contributed by atoms with E-state index in [1.54, 1.807) is 4.31 Å². The normalized spacial score (nSPS) is 23.2. The Hall–Kier alpha value is -1.40. The Kier molecular flexibility index (Phi) is 6.03.